The first-order chi connectivity index (χ1) is 21.0. The molecule has 1 aliphatic heterocycles. The topological polar surface area (TPSA) is 134 Å². The number of benzene rings is 1. The number of carbonyl (C=O) groups excluding carboxylic acids is 4. The van der Waals surface area contributed by atoms with E-state index in [2.05, 4.69) is 20.6 Å². The molecule has 2 N–H and O–H groups in total. The number of hydrogen-bond donors (Lipinski definition) is 2. The van der Waals surface area contributed by atoms with Crippen LogP contribution in [0.5, 0.6) is 0 Å². The van der Waals surface area contributed by atoms with E-state index in [0.29, 0.717) is 24.7 Å². The van der Waals surface area contributed by atoms with Crippen molar-refractivity contribution in [1.29, 1.82) is 0 Å². The zero-order valence-electron chi connectivity index (χ0n) is 25.9. The Kier molecular flexibility index (Phi) is 11.3. The molecule has 44 heavy (non-hydrogen) atoms. The molecule has 1 aromatic heterocycles. The van der Waals surface area contributed by atoms with Gasteiger partial charge in [-0.2, -0.15) is 0 Å². The van der Waals surface area contributed by atoms with Crippen molar-refractivity contribution >= 4 is 35.3 Å². The first-order valence-corrected chi connectivity index (χ1v) is 15.6. The van der Waals surface area contributed by atoms with Gasteiger partial charge in [0.2, 0.25) is 11.8 Å². The Bertz CT molecular complexity index is 1300. The van der Waals surface area contributed by atoms with Crippen molar-refractivity contribution < 1.29 is 23.9 Å². The number of amides is 3. The first kappa shape index (κ1) is 33.3. The van der Waals surface area contributed by atoms with Crippen molar-refractivity contribution in [3.8, 4) is 0 Å². The van der Waals surface area contributed by atoms with Gasteiger partial charge in [-0.15, -0.1) is 0 Å². The first-order valence-electron chi connectivity index (χ1n) is 15.2. The lowest BCUT2D eigenvalue weighted by Gasteiger charge is -2.43. The minimum Gasteiger partial charge on any atom is -0.468 e. The van der Waals surface area contributed by atoms with Crippen LogP contribution in [0.3, 0.4) is 0 Å². The number of nitrogens with one attached hydrogen (secondary N) is 2. The highest BCUT2D eigenvalue weighted by molar-refractivity contribution is 6.30. The minimum atomic E-state index is -0.893. The lowest BCUT2D eigenvalue weighted by atomic mass is 9.82. The lowest BCUT2D eigenvalue weighted by molar-refractivity contribution is -0.154. The summed E-state index contributed by atoms with van der Waals surface area (Å²) in [6.45, 7) is 7.09. The van der Waals surface area contributed by atoms with E-state index in [-0.39, 0.29) is 24.1 Å². The predicted octanol–water partition coefficient (Wildman–Crippen LogP) is 3.23. The van der Waals surface area contributed by atoms with Crippen molar-refractivity contribution in [3.05, 3.63) is 59.1 Å². The number of esters is 1. The summed E-state index contributed by atoms with van der Waals surface area (Å²) in [5.41, 5.74) is 0.454. The summed E-state index contributed by atoms with van der Waals surface area (Å²) >= 11 is 6.04. The van der Waals surface area contributed by atoms with E-state index >= 15 is 0 Å². The van der Waals surface area contributed by atoms with Crippen molar-refractivity contribution in [1.82, 2.24) is 30.4 Å². The van der Waals surface area contributed by atoms with Crippen LogP contribution in [-0.4, -0.2) is 88.3 Å². The Balaban J connectivity index is 1.51. The summed E-state index contributed by atoms with van der Waals surface area (Å²) in [7, 11) is 1.34. The summed E-state index contributed by atoms with van der Waals surface area (Å²) in [6, 6.07) is 5.02. The van der Waals surface area contributed by atoms with Gasteiger partial charge in [0.1, 0.15) is 23.8 Å². The Morgan fingerprint density at radius 2 is 1.73 bits per heavy atom. The molecular weight excluding hydrogens is 584 g/mol. The highest BCUT2D eigenvalue weighted by Crippen LogP contribution is 2.29. The molecule has 0 radical (unpaired) electrons. The summed E-state index contributed by atoms with van der Waals surface area (Å²) < 4.78 is 5.11. The quantitative estimate of drug-likeness (QED) is 0.405. The SMILES string of the molecule is COC(=O)C1CN(C(=O)C(NC(=O)C(NC(=O)c2cnccn2)C2CCCCC2)C(C)(C)C)CCN1Cc1ccc(Cl)cc1. The van der Waals surface area contributed by atoms with Gasteiger partial charge in [-0.1, -0.05) is 63.8 Å². The van der Waals surface area contributed by atoms with Crippen LogP contribution < -0.4 is 10.6 Å². The van der Waals surface area contributed by atoms with Gasteiger partial charge < -0.3 is 20.3 Å². The summed E-state index contributed by atoms with van der Waals surface area (Å²) in [6.07, 6.45) is 8.86. The summed E-state index contributed by atoms with van der Waals surface area (Å²) in [5.74, 6) is -1.68. The van der Waals surface area contributed by atoms with E-state index in [1.54, 1.807) is 17.0 Å². The molecule has 2 fully saturated rings. The molecule has 1 aromatic carbocycles. The number of aromatic nitrogens is 2. The van der Waals surface area contributed by atoms with Crippen LogP contribution in [0.4, 0.5) is 0 Å². The molecule has 2 heterocycles. The van der Waals surface area contributed by atoms with Gasteiger partial charge in [0, 0.05) is 43.6 Å². The largest absolute Gasteiger partial charge is 0.468 e. The van der Waals surface area contributed by atoms with Crippen molar-refractivity contribution in [2.24, 2.45) is 11.3 Å². The summed E-state index contributed by atoms with van der Waals surface area (Å²) in [4.78, 5) is 65.6. The molecule has 0 spiro atoms. The maximum atomic E-state index is 14.1. The molecule has 3 amide bonds. The van der Waals surface area contributed by atoms with E-state index in [4.69, 9.17) is 16.3 Å². The van der Waals surface area contributed by atoms with E-state index in [9.17, 15) is 19.2 Å². The molecule has 3 atom stereocenters. The average molecular weight is 627 g/mol. The fourth-order valence-electron chi connectivity index (χ4n) is 5.95. The molecular formula is C32H43ClN6O5. The van der Waals surface area contributed by atoms with Gasteiger partial charge >= 0.3 is 5.97 Å². The Labute approximate surface area is 264 Å². The Hall–Kier alpha value is -3.57. The third-order valence-electron chi connectivity index (χ3n) is 8.46. The molecule has 2 aromatic rings. The van der Waals surface area contributed by atoms with Crippen LogP contribution >= 0.6 is 11.6 Å². The van der Waals surface area contributed by atoms with Crippen LogP contribution in [0.15, 0.2) is 42.9 Å². The highest BCUT2D eigenvalue weighted by atomic mass is 35.5. The second kappa shape index (κ2) is 14.9. The minimum absolute atomic E-state index is 0.0693. The fraction of sp³-hybridized carbons (Fsp3) is 0.562. The maximum Gasteiger partial charge on any atom is 0.324 e. The van der Waals surface area contributed by atoms with Gasteiger partial charge in [-0.05, 0) is 41.9 Å². The van der Waals surface area contributed by atoms with E-state index in [1.807, 2.05) is 37.8 Å². The number of ether oxygens (including phenoxy) is 1. The fourth-order valence-corrected chi connectivity index (χ4v) is 6.08. The summed E-state index contributed by atoms with van der Waals surface area (Å²) in [5, 5.41) is 6.51. The zero-order chi connectivity index (χ0) is 31.9. The zero-order valence-corrected chi connectivity index (χ0v) is 26.7. The molecule has 238 valence electrons. The molecule has 4 rings (SSSR count). The normalized spacial score (nSPS) is 19.5. The van der Waals surface area contributed by atoms with E-state index in [1.165, 1.54) is 25.7 Å². The monoisotopic (exact) mass is 626 g/mol. The van der Waals surface area contributed by atoms with Crippen LogP contribution in [0.1, 0.15) is 68.9 Å². The average Bonchev–Trinajstić information content (AvgIpc) is 3.03. The van der Waals surface area contributed by atoms with Gasteiger partial charge in [-0.25, -0.2) is 4.98 Å². The molecule has 1 saturated heterocycles. The van der Waals surface area contributed by atoms with Crippen LogP contribution in [0.25, 0.3) is 0 Å². The number of methoxy groups -OCH3 is 1. The molecule has 1 aliphatic carbocycles. The third-order valence-corrected chi connectivity index (χ3v) is 8.71. The number of piperazine rings is 1. The van der Waals surface area contributed by atoms with Gasteiger partial charge in [-0.3, -0.25) is 29.1 Å². The third kappa shape index (κ3) is 8.53. The van der Waals surface area contributed by atoms with Crippen molar-refractivity contribution in [2.75, 3.05) is 26.7 Å². The van der Waals surface area contributed by atoms with E-state index < -0.39 is 41.3 Å². The predicted molar refractivity (Wildman–Crippen MR) is 165 cm³/mol. The maximum absolute atomic E-state index is 14.1. The van der Waals surface area contributed by atoms with Crippen molar-refractivity contribution in [3.63, 3.8) is 0 Å². The Morgan fingerprint density at radius 3 is 2.34 bits per heavy atom. The van der Waals surface area contributed by atoms with Gasteiger partial charge in [0.05, 0.1) is 13.3 Å². The highest BCUT2D eigenvalue weighted by Gasteiger charge is 2.42. The lowest BCUT2D eigenvalue weighted by Crippen LogP contribution is -2.64. The van der Waals surface area contributed by atoms with Crippen LogP contribution in [-0.2, 0) is 25.7 Å². The van der Waals surface area contributed by atoms with Crippen LogP contribution in [0.2, 0.25) is 5.02 Å². The number of rotatable bonds is 9. The van der Waals surface area contributed by atoms with Gasteiger partial charge in [0.25, 0.3) is 5.91 Å². The number of nitrogens with zero attached hydrogens (tertiary/aromatic N) is 4. The molecule has 0 bridgehead atoms. The van der Waals surface area contributed by atoms with E-state index in [0.717, 1.165) is 37.7 Å². The molecule has 2 aliphatic rings. The molecule has 3 unspecified atom stereocenters. The van der Waals surface area contributed by atoms with Crippen molar-refractivity contribution in [2.45, 2.75) is 77.5 Å². The second-order valence-electron chi connectivity index (χ2n) is 12.7. The van der Waals surface area contributed by atoms with Gasteiger partial charge in [0.15, 0.2) is 0 Å². The molecule has 12 heteroatoms. The standard InChI is InChI=1S/C32H43ClN6O5/c1-32(2,3)27(37-29(41)26(22-8-6-5-7-9-22)36-28(40)24-18-34-14-15-35-24)30(42)39-17-16-38(25(20-39)31(43)44-4)19-21-10-12-23(33)13-11-21/h10-15,18,22,25-27H,5-9,16-17,19-20H2,1-4H3,(H,36,40)(H,37,41). The smallest absolute Gasteiger partial charge is 0.324 e. The molecule has 11 nitrogen and oxygen atoms in total. The molecule has 1 saturated carbocycles. The number of halogens is 1. The number of carbonyl (C=O) groups is 4. The Morgan fingerprint density at radius 1 is 1.02 bits per heavy atom. The second-order valence-corrected chi connectivity index (χ2v) is 13.1. The van der Waals surface area contributed by atoms with Crippen LogP contribution in [0, 0.1) is 11.3 Å². The number of hydrogen-bond acceptors (Lipinski definition) is 8.